The summed E-state index contributed by atoms with van der Waals surface area (Å²) in [7, 11) is 3.49. The van der Waals surface area contributed by atoms with Gasteiger partial charge in [-0.15, -0.1) is 0 Å². The van der Waals surface area contributed by atoms with Gasteiger partial charge in [-0.2, -0.15) is 11.8 Å². The van der Waals surface area contributed by atoms with Crippen LogP contribution >= 0.6 is 11.8 Å². The van der Waals surface area contributed by atoms with Crippen molar-refractivity contribution in [3.8, 4) is 0 Å². The lowest BCUT2D eigenvalue weighted by atomic mass is 9.90. The van der Waals surface area contributed by atoms with Crippen molar-refractivity contribution in [3.05, 3.63) is 0 Å². The average Bonchev–Trinajstić information content (AvgIpc) is 2.72. The zero-order valence-corrected chi connectivity index (χ0v) is 12.1. The summed E-state index contributed by atoms with van der Waals surface area (Å²) in [6, 6.07) is 0. The van der Waals surface area contributed by atoms with E-state index in [9.17, 15) is 0 Å². The molecule has 1 heterocycles. The first-order valence-corrected chi connectivity index (χ1v) is 7.30. The van der Waals surface area contributed by atoms with Crippen LogP contribution in [0.1, 0.15) is 13.3 Å². The second-order valence-electron chi connectivity index (χ2n) is 4.54. The number of nitrogens with zero attached hydrogens (tertiary/aromatic N) is 1. The fourth-order valence-corrected chi connectivity index (χ4v) is 4.04. The molecule has 0 bridgehead atoms. The van der Waals surface area contributed by atoms with E-state index in [-0.39, 0.29) is 5.54 Å². The lowest BCUT2D eigenvalue weighted by Crippen LogP contribution is -2.59. The molecular formula is C12H26N2O2S. The Morgan fingerprint density at radius 3 is 2.24 bits per heavy atom. The van der Waals surface area contributed by atoms with E-state index in [0.29, 0.717) is 11.8 Å². The van der Waals surface area contributed by atoms with Gasteiger partial charge in [-0.25, -0.2) is 0 Å². The SMILES string of the molecule is COCCN(CCOC)C1(CN)CCSC1C. The lowest BCUT2D eigenvalue weighted by Gasteiger charge is -2.43. The molecule has 1 rings (SSSR count). The Balaban J connectivity index is 2.69. The maximum atomic E-state index is 6.07. The first-order chi connectivity index (χ1) is 8.21. The minimum atomic E-state index is 0.127. The van der Waals surface area contributed by atoms with Crippen LogP contribution in [-0.2, 0) is 9.47 Å². The molecule has 1 fully saturated rings. The smallest absolute Gasteiger partial charge is 0.0589 e. The minimum Gasteiger partial charge on any atom is -0.383 e. The molecule has 2 atom stereocenters. The Morgan fingerprint density at radius 1 is 1.29 bits per heavy atom. The summed E-state index contributed by atoms with van der Waals surface area (Å²) in [4.78, 5) is 2.46. The third kappa shape index (κ3) is 3.58. The van der Waals surface area contributed by atoms with Crippen molar-refractivity contribution in [3.63, 3.8) is 0 Å². The average molecular weight is 262 g/mol. The van der Waals surface area contributed by atoms with E-state index in [4.69, 9.17) is 15.2 Å². The van der Waals surface area contributed by atoms with Crippen LogP contribution in [0.3, 0.4) is 0 Å². The number of thioether (sulfide) groups is 1. The van der Waals surface area contributed by atoms with Crippen molar-refractivity contribution < 1.29 is 9.47 Å². The van der Waals surface area contributed by atoms with Crippen LogP contribution in [0.15, 0.2) is 0 Å². The molecule has 2 unspecified atom stereocenters. The molecule has 1 aliphatic rings. The molecule has 1 aliphatic heterocycles. The molecular weight excluding hydrogens is 236 g/mol. The summed E-state index contributed by atoms with van der Waals surface area (Å²) >= 11 is 2.02. The van der Waals surface area contributed by atoms with Crippen LogP contribution in [-0.4, -0.2) is 68.5 Å². The van der Waals surface area contributed by atoms with Crippen LogP contribution in [0.25, 0.3) is 0 Å². The van der Waals surface area contributed by atoms with Gasteiger partial charge in [0.25, 0.3) is 0 Å². The molecule has 0 spiro atoms. The van der Waals surface area contributed by atoms with Gasteiger partial charge >= 0.3 is 0 Å². The number of rotatable bonds is 8. The van der Waals surface area contributed by atoms with Crippen LogP contribution in [0.4, 0.5) is 0 Å². The van der Waals surface area contributed by atoms with E-state index in [1.54, 1.807) is 14.2 Å². The van der Waals surface area contributed by atoms with E-state index in [1.165, 1.54) is 12.2 Å². The van der Waals surface area contributed by atoms with Gasteiger partial charge < -0.3 is 15.2 Å². The van der Waals surface area contributed by atoms with E-state index >= 15 is 0 Å². The molecule has 1 saturated heterocycles. The Morgan fingerprint density at radius 2 is 1.88 bits per heavy atom. The predicted molar refractivity (Wildman–Crippen MR) is 73.6 cm³/mol. The maximum absolute atomic E-state index is 6.07. The van der Waals surface area contributed by atoms with Crippen molar-refractivity contribution >= 4 is 11.8 Å². The van der Waals surface area contributed by atoms with E-state index in [2.05, 4.69) is 11.8 Å². The van der Waals surface area contributed by atoms with Gasteiger partial charge in [-0.1, -0.05) is 6.92 Å². The van der Waals surface area contributed by atoms with Gasteiger partial charge in [-0.3, -0.25) is 4.90 Å². The van der Waals surface area contributed by atoms with Crippen LogP contribution in [0.5, 0.6) is 0 Å². The number of ether oxygens (including phenoxy) is 2. The monoisotopic (exact) mass is 262 g/mol. The molecule has 17 heavy (non-hydrogen) atoms. The Labute approximate surface area is 109 Å². The molecule has 0 radical (unpaired) electrons. The summed E-state index contributed by atoms with van der Waals surface area (Å²) in [5.74, 6) is 1.20. The Bertz CT molecular complexity index is 211. The van der Waals surface area contributed by atoms with Crippen molar-refractivity contribution in [1.82, 2.24) is 4.90 Å². The quantitative estimate of drug-likeness (QED) is 0.701. The predicted octanol–water partition coefficient (Wildman–Crippen LogP) is 0.804. The number of hydrogen-bond donors (Lipinski definition) is 1. The molecule has 2 N–H and O–H groups in total. The summed E-state index contributed by atoms with van der Waals surface area (Å²) in [6.45, 7) is 6.38. The third-order valence-corrected chi connectivity index (χ3v) is 5.15. The molecule has 102 valence electrons. The van der Waals surface area contributed by atoms with Crippen molar-refractivity contribution in [2.75, 3.05) is 52.8 Å². The number of hydrogen-bond acceptors (Lipinski definition) is 5. The summed E-state index contributed by atoms with van der Waals surface area (Å²) in [5, 5.41) is 0.584. The largest absolute Gasteiger partial charge is 0.383 e. The normalized spacial score (nSPS) is 29.1. The van der Waals surface area contributed by atoms with Gasteiger partial charge in [0.05, 0.1) is 13.2 Å². The minimum absolute atomic E-state index is 0.127. The second-order valence-corrected chi connectivity index (χ2v) is 5.99. The zero-order valence-electron chi connectivity index (χ0n) is 11.3. The zero-order chi connectivity index (χ0) is 12.7. The number of methoxy groups -OCH3 is 2. The van der Waals surface area contributed by atoms with Crippen LogP contribution < -0.4 is 5.73 Å². The second kappa shape index (κ2) is 7.59. The van der Waals surface area contributed by atoms with E-state index in [1.807, 2.05) is 11.8 Å². The first kappa shape index (κ1) is 15.2. The van der Waals surface area contributed by atoms with Crippen molar-refractivity contribution in [2.24, 2.45) is 5.73 Å². The highest BCUT2D eigenvalue weighted by Crippen LogP contribution is 2.39. The summed E-state index contributed by atoms with van der Waals surface area (Å²) in [6.07, 6.45) is 1.17. The molecule has 0 amide bonds. The topological polar surface area (TPSA) is 47.7 Å². The fraction of sp³-hybridized carbons (Fsp3) is 1.00. The molecule has 0 aliphatic carbocycles. The highest BCUT2D eigenvalue weighted by atomic mass is 32.2. The van der Waals surface area contributed by atoms with Gasteiger partial charge in [0.2, 0.25) is 0 Å². The Kier molecular flexibility index (Phi) is 6.80. The summed E-state index contributed by atoms with van der Waals surface area (Å²) < 4.78 is 10.4. The molecule has 0 aromatic heterocycles. The molecule has 4 nitrogen and oxygen atoms in total. The van der Waals surface area contributed by atoms with Gasteiger partial charge in [0.15, 0.2) is 0 Å². The standard InChI is InChI=1S/C12H26N2O2S/c1-11-12(10-13,4-9-17-11)14(5-7-15-2)6-8-16-3/h11H,4-10,13H2,1-3H3. The lowest BCUT2D eigenvalue weighted by molar-refractivity contribution is 0.0392. The molecule has 0 saturated carbocycles. The summed E-state index contributed by atoms with van der Waals surface area (Å²) in [5.41, 5.74) is 6.19. The van der Waals surface area contributed by atoms with Crippen molar-refractivity contribution in [2.45, 2.75) is 24.1 Å². The Hall–Kier alpha value is 0.190. The molecule has 5 heteroatoms. The van der Waals surface area contributed by atoms with E-state index in [0.717, 1.165) is 26.3 Å². The number of nitrogens with two attached hydrogens (primary N) is 1. The first-order valence-electron chi connectivity index (χ1n) is 6.26. The van der Waals surface area contributed by atoms with E-state index < -0.39 is 0 Å². The van der Waals surface area contributed by atoms with Crippen LogP contribution in [0.2, 0.25) is 0 Å². The van der Waals surface area contributed by atoms with Crippen LogP contribution in [0, 0.1) is 0 Å². The van der Waals surface area contributed by atoms with Crippen molar-refractivity contribution in [1.29, 1.82) is 0 Å². The highest BCUT2D eigenvalue weighted by molar-refractivity contribution is 8.00. The van der Waals surface area contributed by atoms with Gasteiger partial charge in [0, 0.05) is 44.6 Å². The van der Waals surface area contributed by atoms with Gasteiger partial charge in [0.1, 0.15) is 0 Å². The fourth-order valence-electron chi connectivity index (χ4n) is 2.54. The molecule has 0 aromatic carbocycles. The highest BCUT2D eigenvalue weighted by Gasteiger charge is 2.44. The van der Waals surface area contributed by atoms with Gasteiger partial charge in [-0.05, 0) is 12.2 Å². The maximum Gasteiger partial charge on any atom is 0.0589 e. The third-order valence-electron chi connectivity index (χ3n) is 3.77. The molecule has 0 aromatic rings.